The van der Waals surface area contributed by atoms with Gasteiger partial charge in [-0.25, -0.2) is 4.79 Å². The lowest BCUT2D eigenvalue weighted by atomic mass is 10.1. The Morgan fingerprint density at radius 1 is 1.33 bits per heavy atom. The van der Waals surface area contributed by atoms with E-state index in [0.717, 1.165) is 9.88 Å². The Kier molecular flexibility index (Phi) is 4.00. The highest BCUT2D eigenvalue weighted by Crippen LogP contribution is 2.24. The van der Waals surface area contributed by atoms with E-state index < -0.39 is 5.60 Å². The number of urea groups is 1. The van der Waals surface area contributed by atoms with Crippen LogP contribution in [0.15, 0.2) is 35.0 Å². The molecule has 2 aromatic rings. The smallest absolute Gasteiger partial charge is 0.319 e. The molecule has 0 bridgehead atoms. The monoisotopic (exact) mass is 282 g/mol. The minimum Gasteiger partial charge on any atom is -0.383 e. The number of thiophene rings is 2. The van der Waals surface area contributed by atoms with Crippen molar-refractivity contribution in [3.63, 3.8) is 0 Å². The van der Waals surface area contributed by atoms with Gasteiger partial charge in [0.25, 0.3) is 0 Å². The lowest BCUT2D eigenvalue weighted by Crippen LogP contribution is -2.40. The van der Waals surface area contributed by atoms with Gasteiger partial charge in [0, 0.05) is 4.88 Å². The molecule has 18 heavy (non-hydrogen) atoms. The number of amides is 2. The van der Waals surface area contributed by atoms with E-state index in [1.54, 1.807) is 6.92 Å². The van der Waals surface area contributed by atoms with Gasteiger partial charge >= 0.3 is 6.03 Å². The van der Waals surface area contributed by atoms with E-state index in [1.165, 1.54) is 22.7 Å². The Labute approximate surface area is 113 Å². The number of hydrogen-bond acceptors (Lipinski definition) is 4. The Morgan fingerprint density at radius 3 is 2.67 bits per heavy atom. The normalized spacial score (nSPS) is 13.9. The first-order valence-electron chi connectivity index (χ1n) is 5.43. The number of hydrogen-bond donors (Lipinski definition) is 3. The molecule has 2 heterocycles. The summed E-state index contributed by atoms with van der Waals surface area (Å²) < 4.78 is 0. The average molecular weight is 282 g/mol. The van der Waals surface area contributed by atoms with Crippen LogP contribution in [-0.4, -0.2) is 17.7 Å². The van der Waals surface area contributed by atoms with Crippen LogP contribution in [0.2, 0.25) is 0 Å². The van der Waals surface area contributed by atoms with E-state index in [0.29, 0.717) is 0 Å². The number of aliphatic hydroxyl groups is 1. The van der Waals surface area contributed by atoms with Gasteiger partial charge in [0.15, 0.2) is 0 Å². The first-order valence-corrected chi connectivity index (χ1v) is 7.18. The molecular formula is C12H14N2O2S2. The van der Waals surface area contributed by atoms with Gasteiger partial charge in [0.05, 0.1) is 11.5 Å². The Bertz CT molecular complexity index is 492. The van der Waals surface area contributed by atoms with Crippen LogP contribution in [0.4, 0.5) is 9.80 Å². The van der Waals surface area contributed by atoms with Crippen molar-refractivity contribution < 1.29 is 9.90 Å². The lowest BCUT2D eigenvalue weighted by Gasteiger charge is -2.22. The fourth-order valence-electron chi connectivity index (χ4n) is 1.43. The molecule has 0 aromatic carbocycles. The number of rotatable bonds is 4. The van der Waals surface area contributed by atoms with E-state index in [2.05, 4.69) is 10.6 Å². The summed E-state index contributed by atoms with van der Waals surface area (Å²) in [4.78, 5) is 12.4. The highest BCUT2D eigenvalue weighted by atomic mass is 32.1. The maximum Gasteiger partial charge on any atom is 0.319 e. The molecule has 1 atom stereocenters. The van der Waals surface area contributed by atoms with Crippen LogP contribution >= 0.6 is 22.7 Å². The standard InChI is InChI=1S/C12H14N2O2S2/c1-12(16,9-4-2-6-17-9)8-13-11(15)14-10-5-3-7-18-10/h2-7,16H,8H2,1H3,(H2,13,14,15). The van der Waals surface area contributed by atoms with Crippen molar-refractivity contribution in [2.45, 2.75) is 12.5 Å². The minimum absolute atomic E-state index is 0.171. The molecule has 2 aromatic heterocycles. The zero-order chi connectivity index (χ0) is 13.0. The van der Waals surface area contributed by atoms with Gasteiger partial charge in [0.1, 0.15) is 5.60 Å². The summed E-state index contributed by atoms with van der Waals surface area (Å²) in [5.41, 5.74) is -1.04. The van der Waals surface area contributed by atoms with Gasteiger partial charge in [-0.3, -0.25) is 5.32 Å². The molecule has 1 unspecified atom stereocenters. The van der Waals surface area contributed by atoms with Crippen LogP contribution in [0.5, 0.6) is 0 Å². The molecule has 0 aliphatic heterocycles. The Balaban J connectivity index is 1.86. The van der Waals surface area contributed by atoms with Gasteiger partial charge in [-0.2, -0.15) is 0 Å². The number of nitrogens with one attached hydrogen (secondary N) is 2. The molecule has 0 saturated heterocycles. The van der Waals surface area contributed by atoms with Gasteiger partial charge in [-0.15, -0.1) is 22.7 Å². The molecular weight excluding hydrogens is 268 g/mol. The summed E-state index contributed by atoms with van der Waals surface area (Å²) in [5, 5.41) is 20.1. The quantitative estimate of drug-likeness (QED) is 0.807. The third kappa shape index (κ3) is 3.32. The molecule has 0 fully saturated rings. The molecule has 0 spiro atoms. The predicted octanol–water partition coefficient (Wildman–Crippen LogP) is 2.84. The van der Waals surface area contributed by atoms with E-state index in [4.69, 9.17) is 0 Å². The van der Waals surface area contributed by atoms with Crippen molar-refractivity contribution in [3.8, 4) is 0 Å². The molecule has 96 valence electrons. The van der Waals surface area contributed by atoms with Crippen LogP contribution in [-0.2, 0) is 5.60 Å². The van der Waals surface area contributed by atoms with Crippen molar-refractivity contribution in [2.24, 2.45) is 0 Å². The van der Waals surface area contributed by atoms with Gasteiger partial charge in [-0.05, 0) is 35.9 Å². The van der Waals surface area contributed by atoms with Crippen molar-refractivity contribution in [1.82, 2.24) is 5.32 Å². The predicted molar refractivity (Wildman–Crippen MR) is 75.2 cm³/mol. The first-order chi connectivity index (χ1) is 8.58. The maximum absolute atomic E-state index is 11.6. The van der Waals surface area contributed by atoms with Crippen LogP contribution < -0.4 is 10.6 Å². The largest absolute Gasteiger partial charge is 0.383 e. The van der Waals surface area contributed by atoms with E-state index in [9.17, 15) is 9.90 Å². The van der Waals surface area contributed by atoms with E-state index in [1.807, 2.05) is 35.0 Å². The molecule has 6 heteroatoms. The summed E-state index contributed by atoms with van der Waals surface area (Å²) in [6.45, 7) is 1.86. The SMILES string of the molecule is CC(O)(CNC(=O)Nc1cccs1)c1cccs1. The molecule has 2 amide bonds. The summed E-state index contributed by atoms with van der Waals surface area (Å²) in [5.74, 6) is 0. The molecule has 0 saturated carbocycles. The summed E-state index contributed by atoms with van der Waals surface area (Å²) in [6, 6.07) is 7.10. The molecule has 0 aliphatic rings. The highest BCUT2D eigenvalue weighted by Gasteiger charge is 2.24. The van der Waals surface area contributed by atoms with E-state index in [-0.39, 0.29) is 12.6 Å². The summed E-state index contributed by atoms with van der Waals surface area (Å²) in [6.07, 6.45) is 0. The molecule has 0 radical (unpaired) electrons. The van der Waals surface area contributed by atoms with Crippen molar-refractivity contribution in [2.75, 3.05) is 11.9 Å². The zero-order valence-electron chi connectivity index (χ0n) is 9.84. The Morgan fingerprint density at radius 2 is 2.06 bits per heavy atom. The number of anilines is 1. The highest BCUT2D eigenvalue weighted by molar-refractivity contribution is 7.14. The third-order valence-corrected chi connectivity index (χ3v) is 4.31. The van der Waals surface area contributed by atoms with Crippen LogP contribution in [0.3, 0.4) is 0 Å². The Hall–Kier alpha value is -1.37. The van der Waals surface area contributed by atoms with E-state index >= 15 is 0 Å². The third-order valence-electron chi connectivity index (χ3n) is 2.40. The van der Waals surface area contributed by atoms with Gasteiger partial charge in [0.2, 0.25) is 0 Å². The topological polar surface area (TPSA) is 61.4 Å². The van der Waals surface area contributed by atoms with Crippen molar-refractivity contribution in [3.05, 3.63) is 39.9 Å². The summed E-state index contributed by atoms with van der Waals surface area (Å²) >= 11 is 2.92. The average Bonchev–Trinajstić information content (AvgIpc) is 2.99. The van der Waals surface area contributed by atoms with Gasteiger partial charge in [-0.1, -0.05) is 6.07 Å². The van der Waals surface area contributed by atoms with Crippen LogP contribution in [0.1, 0.15) is 11.8 Å². The minimum atomic E-state index is -1.04. The van der Waals surface area contributed by atoms with Crippen LogP contribution in [0, 0.1) is 0 Å². The first kappa shape index (κ1) is 13.1. The van der Waals surface area contributed by atoms with Gasteiger partial charge < -0.3 is 10.4 Å². The lowest BCUT2D eigenvalue weighted by molar-refractivity contribution is 0.0637. The second kappa shape index (κ2) is 5.51. The van der Waals surface area contributed by atoms with Crippen molar-refractivity contribution >= 4 is 33.7 Å². The molecule has 4 nitrogen and oxygen atoms in total. The zero-order valence-corrected chi connectivity index (χ0v) is 11.5. The number of carbonyl (C=O) groups excluding carboxylic acids is 1. The van der Waals surface area contributed by atoms with Crippen LogP contribution in [0.25, 0.3) is 0 Å². The van der Waals surface area contributed by atoms with Crippen molar-refractivity contribution in [1.29, 1.82) is 0 Å². The number of carbonyl (C=O) groups is 1. The molecule has 3 N–H and O–H groups in total. The second-order valence-electron chi connectivity index (χ2n) is 4.04. The fourth-order valence-corrected chi connectivity index (χ4v) is 2.83. The maximum atomic E-state index is 11.6. The fraction of sp³-hybridized carbons (Fsp3) is 0.250. The second-order valence-corrected chi connectivity index (χ2v) is 5.93. The molecule has 0 aliphatic carbocycles. The summed E-state index contributed by atoms with van der Waals surface area (Å²) in [7, 11) is 0. The molecule has 2 rings (SSSR count).